The van der Waals surface area contributed by atoms with Crippen molar-refractivity contribution in [3.63, 3.8) is 0 Å². The van der Waals surface area contributed by atoms with Crippen molar-refractivity contribution in [2.24, 2.45) is 0 Å². The molecule has 0 aromatic carbocycles. The molecule has 0 bridgehead atoms. The van der Waals surface area contributed by atoms with Crippen LogP contribution in [-0.4, -0.2) is 26.6 Å². The average Bonchev–Trinajstić information content (AvgIpc) is 2.65. The SMILES string of the molecule is CCCC(C)NC(=O)Cn1ccnc1CO. The lowest BCUT2D eigenvalue weighted by Crippen LogP contribution is -2.35. The third-order valence-corrected chi connectivity index (χ3v) is 2.39. The number of carbonyl (C=O) groups excluding carboxylic acids is 1. The first kappa shape index (κ1) is 12.7. The number of aliphatic hydroxyl groups is 1. The number of nitrogens with zero attached hydrogens (tertiary/aromatic N) is 2. The highest BCUT2D eigenvalue weighted by Gasteiger charge is 2.09. The smallest absolute Gasteiger partial charge is 0.240 e. The summed E-state index contributed by atoms with van der Waals surface area (Å²) in [4.78, 5) is 15.6. The van der Waals surface area contributed by atoms with Crippen LogP contribution in [0.5, 0.6) is 0 Å². The normalized spacial score (nSPS) is 12.4. The van der Waals surface area contributed by atoms with Gasteiger partial charge in [0.05, 0.1) is 0 Å². The standard InChI is InChI=1S/C11H19N3O2/c1-3-4-9(2)13-11(16)7-14-6-5-12-10(14)8-15/h5-6,9,15H,3-4,7-8H2,1-2H3,(H,13,16). The van der Waals surface area contributed by atoms with E-state index in [1.54, 1.807) is 17.0 Å². The molecule has 1 unspecified atom stereocenters. The molecule has 1 aromatic rings. The second-order valence-electron chi connectivity index (χ2n) is 3.89. The molecule has 1 atom stereocenters. The van der Waals surface area contributed by atoms with Gasteiger partial charge in [0.25, 0.3) is 0 Å². The highest BCUT2D eigenvalue weighted by atomic mass is 16.3. The summed E-state index contributed by atoms with van der Waals surface area (Å²) in [5.41, 5.74) is 0. The van der Waals surface area contributed by atoms with Crippen LogP contribution >= 0.6 is 0 Å². The molecule has 5 heteroatoms. The van der Waals surface area contributed by atoms with Crippen molar-refractivity contribution in [1.29, 1.82) is 0 Å². The Balaban J connectivity index is 2.45. The van der Waals surface area contributed by atoms with Gasteiger partial charge in [0.2, 0.25) is 5.91 Å². The number of amides is 1. The summed E-state index contributed by atoms with van der Waals surface area (Å²) in [5.74, 6) is 0.465. The Bertz CT molecular complexity index is 336. The third kappa shape index (κ3) is 3.66. The summed E-state index contributed by atoms with van der Waals surface area (Å²) in [6.07, 6.45) is 5.29. The van der Waals surface area contributed by atoms with E-state index >= 15 is 0 Å². The van der Waals surface area contributed by atoms with Crippen LogP contribution in [-0.2, 0) is 17.9 Å². The Morgan fingerprint density at radius 2 is 2.44 bits per heavy atom. The van der Waals surface area contributed by atoms with Crippen molar-refractivity contribution in [1.82, 2.24) is 14.9 Å². The Kier molecular flexibility index (Phi) is 4.98. The zero-order chi connectivity index (χ0) is 12.0. The minimum absolute atomic E-state index is 0.0475. The summed E-state index contributed by atoms with van der Waals surface area (Å²) in [5, 5.41) is 11.9. The summed E-state index contributed by atoms with van der Waals surface area (Å²) < 4.78 is 1.65. The van der Waals surface area contributed by atoms with E-state index < -0.39 is 0 Å². The highest BCUT2D eigenvalue weighted by Crippen LogP contribution is 1.99. The molecule has 1 rings (SSSR count). The number of hydrogen-bond acceptors (Lipinski definition) is 3. The van der Waals surface area contributed by atoms with E-state index in [0.717, 1.165) is 12.8 Å². The van der Waals surface area contributed by atoms with E-state index in [4.69, 9.17) is 5.11 Å². The van der Waals surface area contributed by atoms with Crippen LogP contribution in [0.25, 0.3) is 0 Å². The zero-order valence-electron chi connectivity index (χ0n) is 9.81. The van der Waals surface area contributed by atoms with Gasteiger partial charge in [-0.25, -0.2) is 4.98 Å². The zero-order valence-corrected chi connectivity index (χ0v) is 9.81. The van der Waals surface area contributed by atoms with Crippen molar-refractivity contribution < 1.29 is 9.90 Å². The average molecular weight is 225 g/mol. The van der Waals surface area contributed by atoms with E-state index in [-0.39, 0.29) is 25.1 Å². The topological polar surface area (TPSA) is 67.2 Å². The van der Waals surface area contributed by atoms with Crippen LogP contribution in [0.3, 0.4) is 0 Å². The van der Waals surface area contributed by atoms with Crippen molar-refractivity contribution in [3.8, 4) is 0 Å². The van der Waals surface area contributed by atoms with Crippen molar-refractivity contribution >= 4 is 5.91 Å². The van der Waals surface area contributed by atoms with Crippen LogP contribution in [0, 0.1) is 0 Å². The van der Waals surface area contributed by atoms with Gasteiger partial charge in [-0.2, -0.15) is 0 Å². The maximum absolute atomic E-state index is 11.6. The lowest BCUT2D eigenvalue weighted by Gasteiger charge is -2.13. The van der Waals surface area contributed by atoms with E-state index in [1.807, 2.05) is 6.92 Å². The number of aliphatic hydroxyl groups excluding tert-OH is 1. The molecular formula is C11H19N3O2. The minimum atomic E-state index is -0.148. The van der Waals surface area contributed by atoms with Crippen LogP contribution in [0.2, 0.25) is 0 Å². The molecule has 2 N–H and O–H groups in total. The lowest BCUT2D eigenvalue weighted by atomic mass is 10.2. The summed E-state index contributed by atoms with van der Waals surface area (Å²) >= 11 is 0. The molecule has 0 spiro atoms. The fourth-order valence-electron chi connectivity index (χ4n) is 1.62. The van der Waals surface area contributed by atoms with Crippen LogP contribution in [0.4, 0.5) is 0 Å². The van der Waals surface area contributed by atoms with Gasteiger partial charge in [0.1, 0.15) is 19.0 Å². The summed E-state index contributed by atoms with van der Waals surface area (Å²) in [6, 6.07) is 0.193. The molecule has 90 valence electrons. The first-order valence-corrected chi connectivity index (χ1v) is 5.57. The molecule has 1 amide bonds. The monoisotopic (exact) mass is 225 g/mol. The van der Waals surface area contributed by atoms with Gasteiger partial charge < -0.3 is 15.0 Å². The molecule has 0 fully saturated rings. The quantitative estimate of drug-likeness (QED) is 0.748. The van der Waals surface area contributed by atoms with Gasteiger partial charge >= 0.3 is 0 Å². The summed E-state index contributed by atoms with van der Waals surface area (Å²) in [7, 11) is 0. The number of aromatic nitrogens is 2. The van der Waals surface area contributed by atoms with Gasteiger partial charge in [0.15, 0.2) is 0 Å². The lowest BCUT2D eigenvalue weighted by molar-refractivity contribution is -0.122. The van der Waals surface area contributed by atoms with Gasteiger partial charge in [-0.15, -0.1) is 0 Å². The number of hydrogen-bond donors (Lipinski definition) is 2. The fraction of sp³-hybridized carbons (Fsp3) is 0.636. The fourth-order valence-corrected chi connectivity index (χ4v) is 1.62. The minimum Gasteiger partial charge on any atom is -0.388 e. The van der Waals surface area contributed by atoms with Crippen molar-refractivity contribution in [2.75, 3.05) is 0 Å². The molecule has 0 saturated heterocycles. The maximum atomic E-state index is 11.6. The molecule has 1 heterocycles. The molecule has 0 aliphatic carbocycles. The number of nitrogens with one attached hydrogen (secondary N) is 1. The molecule has 0 aliphatic heterocycles. The molecule has 0 saturated carbocycles. The van der Waals surface area contributed by atoms with Gasteiger partial charge in [-0.1, -0.05) is 13.3 Å². The third-order valence-electron chi connectivity index (χ3n) is 2.39. The Morgan fingerprint density at radius 3 is 3.06 bits per heavy atom. The van der Waals surface area contributed by atoms with Gasteiger partial charge in [0, 0.05) is 18.4 Å². The second kappa shape index (κ2) is 6.27. The van der Waals surface area contributed by atoms with Crippen LogP contribution < -0.4 is 5.32 Å². The first-order chi connectivity index (χ1) is 7.67. The van der Waals surface area contributed by atoms with E-state index in [1.165, 1.54) is 0 Å². The number of carbonyl (C=O) groups is 1. The largest absolute Gasteiger partial charge is 0.388 e. The molecule has 0 aliphatic rings. The molecule has 5 nitrogen and oxygen atoms in total. The Hall–Kier alpha value is -1.36. The highest BCUT2D eigenvalue weighted by molar-refractivity contribution is 5.76. The maximum Gasteiger partial charge on any atom is 0.240 e. The van der Waals surface area contributed by atoms with Crippen LogP contribution in [0.15, 0.2) is 12.4 Å². The molecule has 16 heavy (non-hydrogen) atoms. The number of imidazole rings is 1. The van der Waals surface area contributed by atoms with E-state index in [0.29, 0.717) is 5.82 Å². The Labute approximate surface area is 95.5 Å². The predicted octanol–water partition coefficient (Wildman–Crippen LogP) is 0.680. The van der Waals surface area contributed by atoms with Gasteiger partial charge in [-0.3, -0.25) is 4.79 Å². The summed E-state index contributed by atoms with van der Waals surface area (Å²) in [6.45, 7) is 4.14. The second-order valence-corrected chi connectivity index (χ2v) is 3.89. The molecular weight excluding hydrogens is 206 g/mol. The van der Waals surface area contributed by atoms with Crippen molar-refractivity contribution in [3.05, 3.63) is 18.2 Å². The Morgan fingerprint density at radius 1 is 1.69 bits per heavy atom. The van der Waals surface area contributed by atoms with E-state index in [2.05, 4.69) is 17.2 Å². The first-order valence-electron chi connectivity index (χ1n) is 5.57. The van der Waals surface area contributed by atoms with Crippen molar-refractivity contribution in [2.45, 2.75) is 45.9 Å². The van der Waals surface area contributed by atoms with Crippen LogP contribution in [0.1, 0.15) is 32.5 Å². The number of rotatable bonds is 6. The molecule has 0 radical (unpaired) electrons. The van der Waals surface area contributed by atoms with E-state index in [9.17, 15) is 4.79 Å². The van der Waals surface area contributed by atoms with Gasteiger partial charge in [-0.05, 0) is 13.3 Å². The predicted molar refractivity (Wildman–Crippen MR) is 60.7 cm³/mol. The molecule has 1 aromatic heterocycles.